The molecule has 5 heteroatoms. The molecule has 5 aliphatic rings. The lowest BCUT2D eigenvalue weighted by Crippen LogP contribution is -2.67. The minimum atomic E-state index is -0.602. The Balaban J connectivity index is 1.61. The van der Waals surface area contributed by atoms with Crippen molar-refractivity contribution in [3.8, 4) is 0 Å². The first-order chi connectivity index (χ1) is 15.8. The highest BCUT2D eigenvalue weighted by Crippen LogP contribution is 2.74. The molecule has 0 aromatic heterocycles. The maximum absolute atomic E-state index is 12.4. The van der Waals surface area contributed by atoms with Gasteiger partial charge >= 0.3 is 11.9 Å². The monoisotopic (exact) mass is 472 g/mol. The van der Waals surface area contributed by atoms with Gasteiger partial charge in [0.1, 0.15) is 6.10 Å². The van der Waals surface area contributed by atoms with Gasteiger partial charge in [-0.25, -0.2) is 0 Å². The second kappa shape index (κ2) is 7.82. The van der Waals surface area contributed by atoms with Gasteiger partial charge in [0.25, 0.3) is 0 Å². The van der Waals surface area contributed by atoms with Gasteiger partial charge in [0.05, 0.1) is 12.5 Å². The molecule has 9 atom stereocenters. The number of rotatable bonds is 2. The third-order valence-electron chi connectivity index (χ3n) is 11.5. The second-order valence-electron chi connectivity index (χ2n) is 13.5. The van der Waals surface area contributed by atoms with Crippen LogP contribution in [0.1, 0.15) is 93.4 Å². The Morgan fingerprint density at radius 1 is 0.912 bits per heavy atom. The van der Waals surface area contributed by atoms with Crippen LogP contribution in [0, 0.1) is 45.3 Å². The first-order valence-corrected chi connectivity index (χ1v) is 13.5. The number of hydrogen-bond acceptors (Lipinski definition) is 5. The first kappa shape index (κ1) is 24.3. The summed E-state index contributed by atoms with van der Waals surface area (Å²) in [5, 5.41) is 0. The van der Waals surface area contributed by atoms with E-state index in [1.165, 1.54) is 51.5 Å². The summed E-state index contributed by atoms with van der Waals surface area (Å²) in [5.74, 6) is 0.954. The lowest BCUT2D eigenvalue weighted by Gasteiger charge is -2.70. The fraction of sp³-hybridized carbons (Fsp3) is 0.862. The van der Waals surface area contributed by atoms with Crippen molar-refractivity contribution < 1.29 is 23.8 Å². The standard InChI is InChI=1S/C29H44O5/c1-17(30)33-23-15-22-27(5)13-8-12-26(3,4)20(27)11-14-28(22,6)21-10-9-19-16-32-25(34-18(2)31)24(19)29(21,23)7/h9,20-25H,8,10-16H2,1-7H3/t20-,21-,22+,23-,24+,25-,27-,28-,29+/m0/s1. The number of esters is 2. The molecule has 190 valence electrons. The lowest BCUT2D eigenvalue weighted by atomic mass is 9.34. The van der Waals surface area contributed by atoms with Gasteiger partial charge < -0.3 is 14.2 Å². The number of allylic oxidation sites excluding steroid dienone is 1. The van der Waals surface area contributed by atoms with E-state index >= 15 is 0 Å². The second-order valence-corrected chi connectivity index (χ2v) is 13.5. The summed E-state index contributed by atoms with van der Waals surface area (Å²) >= 11 is 0. The molecule has 5 rings (SSSR count). The predicted molar refractivity (Wildman–Crippen MR) is 130 cm³/mol. The number of carbonyl (C=O) groups is 2. The average Bonchev–Trinajstić information content (AvgIpc) is 3.12. The van der Waals surface area contributed by atoms with Gasteiger partial charge in [0, 0.05) is 19.3 Å². The molecule has 0 amide bonds. The normalized spacial score (nSPS) is 49.0. The SMILES string of the molecule is CC(=O)O[C@@H]1OCC2=CC[C@H]3[C@]4(C)CC[C@H]5C(C)(C)CCC[C@]5(C)[C@H]4C[C@H](OC(C)=O)[C@]3(C)[C@H]21. The Morgan fingerprint density at radius 3 is 2.26 bits per heavy atom. The van der Waals surface area contributed by atoms with Gasteiger partial charge in [0.15, 0.2) is 0 Å². The van der Waals surface area contributed by atoms with Crippen LogP contribution in [0.4, 0.5) is 0 Å². The maximum Gasteiger partial charge on any atom is 0.304 e. The summed E-state index contributed by atoms with van der Waals surface area (Å²) in [6.45, 7) is 15.8. The molecule has 4 aliphatic carbocycles. The molecule has 0 aromatic carbocycles. The Labute approximate surface area is 205 Å². The Kier molecular flexibility index (Phi) is 5.60. The summed E-state index contributed by atoms with van der Waals surface area (Å²) in [7, 11) is 0. The van der Waals surface area contributed by atoms with Crippen molar-refractivity contribution in [2.24, 2.45) is 45.3 Å². The van der Waals surface area contributed by atoms with Crippen molar-refractivity contribution >= 4 is 11.9 Å². The Hall–Kier alpha value is -1.36. The molecule has 1 aliphatic heterocycles. The summed E-state index contributed by atoms with van der Waals surface area (Å²) < 4.78 is 18.0. The topological polar surface area (TPSA) is 61.8 Å². The van der Waals surface area contributed by atoms with Gasteiger partial charge in [-0.2, -0.15) is 0 Å². The number of ether oxygens (including phenoxy) is 3. The van der Waals surface area contributed by atoms with Crippen LogP contribution in [-0.4, -0.2) is 30.9 Å². The molecule has 4 fully saturated rings. The zero-order chi connectivity index (χ0) is 24.7. The van der Waals surface area contributed by atoms with Crippen molar-refractivity contribution in [1.29, 1.82) is 0 Å². The zero-order valence-corrected chi connectivity index (χ0v) is 22.2. The summed E-state index contributed by atoms with van der Waals surface area (Å²) in [4.78, 5) is 24.4. The number of fused-ring (bicyclic) bond motifs is 7. The van der Waals surface area contributed by atoms with Crippen molar-refractivity contribution in [3.05, 3.63) is 11.6 Å². The van der Waals surface area contributed by atoms with Crippen LogP contribution >= 0.6 is 0 Å². The molecule has 0 aromatic rings. The van der Waals surface area contributed by atoms with E-state index in [2.05, 4.69) is 40.7 Å². The highest BCUT2D eigenvalue weighted by Gasteiger charge is 2.70. The van der Waals surface area contributed by atoms with Crippen LogP contribution in [0.3, 0.4) is 0 Å². The molecule has 0 N–H and O–H groups in total. The Bertz CT molecular complexity index is 906. The first-order valence-electron chi connectivity index (χ1n) is 13.5. The fourth-order valence-corrected chi connectivity index (χ4v) is 10.3. The van der Waals surface area contributed by atoms with Crippen molar-refractivity contribution in [2.45, 2.75) is 106 Å². The van der Waals surface area contributed by atoms with Crippen molar-refractivity contribution in [3.63, 3.8) is 0 Å². The third-order valence-corrected chi connectivity index (χ3v) is 11.5. The van der Waals surface area contributed by atoms with E-state index < -0.39 is 6.29 Å². The minimum Gasteiger partial charge on any atom is -0.462 e. The van der Waals surface area contributed by atoms with Crippen LogP contribution in [0.5, 0.6) is 0 Å². The molecule has 1 heterocycles. The number of carbonyl (C=O) groups excluding carboxylic acids is 2. The van der Waals surface area contributed by atoms with E-state index in [1.807, 2.05) is 0 Å². The van der Waals surface area contributed by atoms with Gasteiger partial charge in [-0.1, -0.05) is 47.1 Å². The molecular formula is C29H44O5. The molecule has 3 saturated carbocycles. The smallest absolute Gasteiger partial charge is 0.304 e. The molecule has 0 spiro atoms. The molecule has 1 saturated heterocycles. The lowest BCUT2D eigenvalue weighted by molar-refractivity contribution is -0.255. The zero-order valence-electron chi connectivity index (χ0n) is 22.2. The van der Waals surface area contributed by atoms with Gasteiger partial charge in [-0.05, 0) is 78.1 Å². The van der Waals surface area contributed by atoms with Gasteiger partial charge in [-0.3, -0.25) is 9.59 Å². The molecule has 0 radical (unpaired) electrons. The quantitative estimate of drug-likeness (QED) is 0.361. The van der Waals surface area contributed by atoms with E-state index in [0.717, 1.165) is 12.8 Å². The van der Waals surface area contributed by atoms with Gasteiger partial charge in [-0.15, -0.1) is 0 Å². The summed E-state index contributed by atoms with van der Waals surface area (Å²) in [6.07, 6.45) is 9.76. The molecular weight excluding hydrogens is 428 g/mol. The van der Waals surface area contributed by atoms with E-state index in [-0.39, 0.29) is 40.2 Å². The largest absolute Gasteiger partial charge is 0.462 e. The summed E-state index contributed by atoms with van der Waals surface area (Å²) in [6, 6.07) is 0. The van der Waals surface area contributed by atoms with E-state index in [9.17, 15) is 9.59 Å². The van der Waals surface area contributed by atoms with E-state index in [4.69, 9.17) is 14.2 Å². The Morgan fingerprint density at radius 2 is 1.59 bits per heavy atom. The molecule has 34 heavy (non-hydrogen) atoms. The summed E-state index contributed by atoms with van der Waals surface area (Å²) in [5.41, 5.74) is 1.63. The molecule has 0 unspecified atom stereocenters. The predicted octanol–water partition coefficient (Wildman–Crippen LogP) is 6.06. The molecule has 5 nitrogen and oxygen atoms in total. The van der Waals surface area contributed by atoms with Crippen molar-refractivity contribution in [2.75, 3.05) is 6.61 Å². The maximum atomic E-state index is 12.4. The van der Waals surface area contributed by atoms with Crippen LogP contribution in [0.15, 0.2) is 11.6 Å². The third kappa shape index (κ3) is 3.28. The average molecular weight is 473 g/mol. The van der Waals surface area contributed by atoms with Crippen LogP contribution in [0.2, 0.25) is 0 Å². The van der Waals surface area contributed by atoms with Gasteiger partial charge in [0.2, 0.25) is 6.29 Å². The fourth-order valence-electron chi connectivity index (χ4n) is 10.3. The van der Waals surface area contributed by atoms with Crippen LogP contribution < -0.4 is 0 Å². The van der Waals surface area contributed by atoms with E-state index in [0.29, 0.717) is 29.8 Å². The minimum absolute atomic E-state index is 0.0643. The van der Waals surface area contributed by atoms with Crippen LogP contribution in [0.25, 0.3) is 0 Å². The van der Waals surface area contributed by atoms with Crippen LogP contribution in [-0.2, 0) is 23.8 Å². The van der Waals surface area contributed by atoms with Crippen molar-refractivity contribution in [1.82, 2.24) is 0 Å². The number of hydrogen-bond donors (Lipinski definition) is 0. The highest BCUT2D eigenvalue weighted by molar-refractivity contribution is 5.67. The van der Waals surface area contributed by atoms with E-state index in [1.54, 1.807) is 0 Å². The molecule has 0 bridgehead atoms. The highest BCUT2D eigenvalue weighted by atomic mass is 16.7.